The van der Waals surface area contributed by atoms with E-state index >= 15 is 0 Å². The molecule has 0 radical (unpaired) electrons. The Morgan fingerprint density at radius 3 is 1.35 bits per heavy atom. The molecule has 332 valence electrons. The second kappa shape index (κ2) is 18.1. The molecule has 0 saturated heterocycles. The van der Waals surface area contributed by atoms with Crippen LogP contribution in [0.25, 0.3) is 11.4 Å². The summed E-state index contributed by atoms with van der Waals surface area (Å²) < 4.78 is 105. The van der Waals surface area contributed by atoms with Gasteiger partial charge < -0.3 is 69.8 Å². The quantitative estimate of drug-likeness (QED) is 0.0798. The number of hydrogen-bond donors (Lipinski definition) is 3. The van der Waals surface area contributed by atoms with Crippen LogP contribution < -0.4 is 39.9 Å². The zero-order chi connectivity index (χ0) is 44.9. The van der Waals surface area contributed by atoms with Crippen molar-refractivity contribution in [2.24, 2.45) is 0 Å². The van der Waals surface area contributed by atoms with Crippen molar-refractivity contribution < 1.29 is 76.2 Å². The number of aliphatic hydroxyl groups excluding tert-OH is 1. The summed E-state index contributed by atoms with van der Waals surface area (Å²) in [6.45, 7) is 0. The van der Waals surface area contributed by atoms with Crippen LogP contribution in [0.4, 0.5) is 49.5 Å². The van der Waals surface area contributed by atoms with Crippen LogP contribution in [0.15, 0.2) is 92.2 Å². The number of halogens is 6. The maximum Gasteiger partial charge on any atom is 0.586 e. The first-order valence-electron chi connectivity index (χ1n) is 15.9. The Balaban J connectivity index is 0.000000223. The molecule has 62 heavy (non-hydrogen) atoms. The van der Waals surface area contributed by atoms with Crippen molar-refractivity contribution in [3.8, 4) is 45.9 Å². The van der Waals surface area contributed by atoms with E-state index in [2.05, 4.69) is 43.4 Å². The molecule has 0 amide bonds. The van der Waals surface area contributed by atoms with Crippen LogP contribution in [0.2, 0.25) is 0 Å². The van der Waals surface area contributed by atoms with Crippen molar-refractivity contribution >= 4 is 23.1 Å². The van der Waals surface area contributed by atoms with E-state index in [1.807, 2.05) is 0 Å². The lowest BCUT2D eigenvalue weighted by Crippen LogP contribution is -2.25. The molecule has 6 heterocycles. The number of imidazole rings is 3. The molecular weight excluding hydrogens is 860 g/mol. The number of hydrogen-bond acceptors (Lipinski definition) is 18. The average Bonchev–Trinajstić information content (AvgIpc) is 4.03. The molecule has 0 fully saturated rings. The summed E-state index contributed by atoms with van der Waals surface area (Å²) in [6, 6.07) is 12.5. The Morgan fingerprint density at radius 1 is 0.581 bits per heavy atom. The molecule has 24 nitrogen and oxygen atoms in total. The Bertz CT molecular complexity index is 2550. The normalized spacial score (nSPS) is 14.4. The van der Waals surface area contributed by atoms with Crippen molar-refractivity contribution in [2.45, 2.75) is 26.3 Å². The fourth-order valence-electron chi connectivity index (χ4n) is 4.68. The number of nitro groups is 3. The summed E-state index contributed by atoms with van der Waals surface area (Å²) in [5.74, 6) is -0.805. The van der Waals surface area contributed by atoms with Gasteiger partial charge in [0.2, 0.25) is 6.33 Å². The van der Waals surface area contributed by atoms with Gasteiger partial charge in [-0.2, -0.15) is 0 Å². The van der Waals surface area contributed by atoms with Crippen LogP contribution in [0.3, 0.4) is 0 Å². The minimum absolute atomic E-state index is 0. The average molecular weight is 890 g/mol. The van der Waals surface area contributed by atoms with Gasteiger partial charge in [-0.1, -0.05) is 7.43 Å². The number of ether oxygens (including phenoxy) is 6. The van der Waals surface area contributed by atoms with Crippen LogP contribution in [-0.4, -0.2) is 74.7 Å². The Kier molecular flexibility index (Phi) is 13.5. The number of nitrogens with two attached hydrogens (primary N) is 2. The van der Waals surface area contributed by atoms with E-state index in [4.69, 9.17) is 16.6 Å². The van der Waals surface area contributed by atoms with Crippen molar-refractivity contribution in [3.05, 3.63) is 123 Å². The third kappa shape index (κ3) is 11.3. The predicted molar refractivity (Wildman–Crippen MR) is 196 cm³/mol. The highest BCUT2D eigenvalue weighted by atomic mass is 19.3. The number of alkyl halides is 6. The smallest absolute Gasteiger partial charge is 0.400 e. The fraction of sp³-hybridized carbons (Fsp3) is 0.156. The standard InChI is InChI=1S/C10H5F2N3O4.C10H7F2N3O2.C7H5F2NO2.C3H2N4O4.CH4O.CH4.H2/c11-10(12)18-7-2-1-6(3-8(7)19-10)14-4-9(13-5-14)15(16)17;11-10(12)16-7-2-1-6(3-8(7)17-10)15-4-9(13)14-5-15;8-7(9)11-5-2-1-4(10)3-6(5)12-7;8-6(9)3-1-5(2-4-3)7(10)11;1-2;;/h1-5H;1-5H,13H2;1-3H,10H2;1-2H;2H,1H3;1H4;1H. The lowest BCUT2D eigenvalue weighted by atomic mass is 10.3. The molecule has 0 spiro atoms. The first-order chi connectivity index (χ1) is 28.7. The van der Waals surface area contributed by atoms with Crippen molar-refractivity contribution in [3.63, 3.8) is 0 Å². The molecule has 3 aliphatic heterocycles. The lowest BCUT2D eigenvalue weighted by Gasteiger charge is -2.04. The van der Waals surface area contributed by atoms with Gasteiger partial charge in [-0.25, -0.2) is 15.1 Å². The Hall–Kier alpha value is -8.57. The van der Waals surface area contributed by atoms with Gasteiger partial charge in [0, 0.05) is 32.4 Å². The van der Waals surface area contributed by atoms with E-state index in [9.17, 15) is 56.7 Å². The van der Waals surface area contributed by atoms with Gasteiger partial charge in [-0.05, 0) is 60.9 Å². The molecule has 3 aromatic heterocycles. The summed E-state index contributed by atoms with van der Waals surface area (Å²) in [4.78, 5) is 39.5. The maximum atomic E-state index is 12.8. The molecule has 3 aliphatic rings. The predicted octanol–water partition coefficient (Wildman–Crippen LogP) is 5.79. The number of aromatic nitrogens is 6. The number of anilines is 2. The Morgan fingerprint density at radius 2 is 0.968 bits per heavy atom. The highest BCUT2D eigenvalue weighted by molar-refractivity contribution is 5.54. The van der Waals surface area contributed by atoms with Gasteiger partial charge >= 0.3 is 30.5 Å². The molecule has 0 aliphatic carbocycles. The second-order valence-electron chi connectivity index (χ2n) is 11.2. The van der Waals surface area contributed by atoms with Crippen molar-refractivity contribution in [1.82, 2.24) is 28.8 Å². The fourth-order valence-corrected chi connectivity index (χ4v) is 4.68. The molecule has 6 aromatic rings. The maximum absolute atomic E-state index is 12.8. The summed E-state index contributed by atoms with van der Waals surface area (Å²) in [6.07, 6.45) is -3.96. The molecular formula is C32H29F6N11O13. The molecule has 3 aromatic carbocycles. The second-order valence-corrected chi connectivity index (χ2v) is 11.2. The van der Waals surface area contributed by atoms with Gasteiger partial charge in [-0.3, -0.25) is 4.57 Å². The SMILES string of the molecule is C.CO.Nc1ccc2c(c1)OC(F)(F)O2.Nc1cn(-c2ccc3c(c2)OC(F)(F)O3)cn1.O=[N+]([O-])c1cn(-c2ccc3c(c2)OC(F)(F)O3)cn1.O=[N+]([O-])c1cn([N+](=O)[O-])cn1.[HH]. The number of aliphatic hydroxyl groups is 1. The number of benzene rings is 3. The van der Waals surface area contributed by atoms with E-state index < -0.39 is 39.6 Å². The largest absolute Gasteiger partial charge is 0.586 e. The number of rotatable bonds is 5. The minimum atomic E-state index is -3.69. The third-order valence-corrected chi connectivity index (χ3v) is 7.08. The monoisotopic (exact) mass is 889 g/mol. The molecule has 9 rings (SSSR count). The van der Waals surface area contributed by atoms with E-state index in [1.54, 1.807) is 16.8 Å². The van der Waals surface area contributed by atoms with Gasteiger partial charge in [0.25, 0.3) is 6.33 Å². The number of nitrogen functional groups attached to an aromatic ring is 2. The Labute approximate surface area is 341 Å². The molecule has 5 N–H and O–H groups in total. The highest BCUT2D eigenvalue weighted by Crippen LogP contribution is 2.44. The van der Waals surface area contributed by atoms with E-state index in [1.165, 1.54) is 65.8 Å². The number of fused-ring (bicyclic) bond motifs is 3. The van der Waals surface area contributed by atoms with E-state index in [0.29, 0.717) is 27.6 Å². The van der Waals surface area contributed by atoms with Crippen molar-refractivity contribution in [1.29, 1.82) is 0 Å². The van der Waals surface area contributed by atoms with Crippen molar-refractivity contribution in [2.75, 3.05) is 18.6 Å². The topological polar surface area (TPSA) is 311 Å². The minimum Gasteiger partial charge on any atom is -0.400 e. The van der Waals surface area contributed by atoms with E-state index in [-0.39, 0.29) is 49.2 Å². The van der Waals surface area contributed by atoms with Crippen LogP contribution >= 0.6 is 0 Å². The zero-order valence-corrected chi connectivity index (χ0v) is 30.0. The summed E-state index contributed by atoms with van der Waals surface area (Å²) >= 11 is 0. The lowest BCUT2D eigenvalue weighted by molar-refractivity contribution is -0.542. The van der Waals surface area contributed by atoms with Crippen LogP contribution in [0.1, 0.15) is 8.85 Å². The summed E-state index contributed by atoms with van der Waals surface area (Å²) in [7, 11) is 1.00. The zero-order valence-electron chi connectivity index (χ0n) is 30.0. The third-order valence-electron chi connectivity index (χ3n) is 7.08. The van der Waals surface area contributed by atoms with Crippen LogP contribution in [0.5, 0.6) is 34.5 Å². The molecule has 30 heteroatoms. The van der Waals surface area contributed by atoms with E-state index in [0.717, 1.165) is 25.8 Å². The molecule has 0 unspecified atom stereocenters. The first kappa shape index (κ1) is 46.1. The van der Waals surface area contributed by atoms with Crippen LogP contribution in [0, 0.1) is 30.3 Å². The molecule has 0 atom stereocenters. The first-order valence-corrected chi connectivity index (χ1v) is 15.9. The molecule has 0 bridgehead atoms. The van der Waals surface area contributed by atoms with Gasteiger partial charge in [0.1, 0.15) is 18.3 Å². The summed E-state index contributed by atoms with van der Waals surface area (Å²) in [5, 5.41) is 36.6. The van der Waals surface area contributed by atoms with Gasteiger partial charge in [0.05, 0.1) is 17.6 Å². The van der Waals surface area contributed by atoms with Gasteiger partial charge in [-0.15, -0.1) is 26.3 Å². The number of nitrogens with zero attached hydrogens (tertiary/aromatic N) is 9. The highest BCUT2D eigenvalue weighted by Gasteiger charge is 2.45. The van der Waals surface area contributed by atoms with Crippen LogP contribution in [-0.2, 0) is 0 Å². The molecule has 0 saturated carbocycles. The summed E-state index contributed by atoms with van der Waals surface area (Å²) in [5.41, 5.74) is 12.2. The van der Waals surface area contributed by atoms with Gasteiger partial charge in [0.15, 0.2) is 45.7 Å².